The zero-order chi connectivity index (χ0) is 19.2. The molecular formula is C18H21N3O4S. The van der Waals surface area contributed by atoms with E-state index in [0.29, 0.717) is 6.54 Å². The Morgan fingerprint density at radius 2 is 1.73 bits per heavy atom. The number of nitrogens with one attached hydrogen (secondary N) is 3. The molecule has 0 saturated heterocycles. The van der Waals surface area contributed by atoms with Crippen LogP contribution in [-0.2, 0) is 14.8 Å². The fourth-order valence-corrected chi connectivity index (χ4v) is 3.28. The molecule has 2 rings (SSSR count). The van der Waals surface area contributed by atoms with Crippen LogP contribution in [0.1, 0.15) is 24.2 Å². The largest absolute Gasteiger partial charge is 0.355 e. The average molecular weight is 375 g/mol. The van der Waals surface area contributed by atoms with Gasteiger partial charge in [-0.15, -0.1) is 0 Å². The van der Waals surface area contributed by atoms with Gasteiger partial charge >= 0.3 is 0 Å². The Morgan fingerprint density at radius 1 is 1.04 bits per heavy atom. The molecular weight excluding hydrogens is 354 g/mol. The van der Waals surface area contributed by atoms with Gasteiger partial charge in [0.15, 0.2) is 0 Å². The van der Waals surface area contributed by atoms with Gasteiger partial charge in [-0.2, -0.15) is 0 Å². The quantitative estimate of drug-likeness (QED) is 0.686. The molecule has 0 radical (unpaired) electrons. The normalized spacial score (nSPS) is 12.1. The van der Waals surface area contributed by atoms with Gasteiger partial charge in [-0.05, 0) is 44.2 Å². The summed E-state index contributed by atoms with van der Waals surface area (Å²) in [5.74, 6) is -0.758. The van der Waals surface area contributed by atoms with Crippen LogP contribution in [0.5, 0.6) is 0 Å². The van der Waals surface area contributed by atoms with Gasteiger partial charge in [-0.3, -0.25) is 14.3 Å². The second-order valence-electron chi connectivity index (χ2n) is 5.59. The van der Waals surface area contributed by atoms with Crippen LogP contribution in [0.3, 0.4) is 0 Å². The third-order valence-electron chi connectivity index (χ3n) is 3.52. The summed E-state index contributed by atoms with van der Waals surface area (Å²) in [6.45, 7) is 3.83. The van der Waals surface area contributed by atoms with Crippen LogP contribution < -0.4 is 15.4 Å². The van der Waals surface area contributed by atoms with E-state index in [0.717, 1.165) is 0 Å². The summed E-state index contributed by atoms with van der Waals surface area (Å²) < 4.78 is 27.2. The summed E-state index contributed by atoms with van der Waals surface area (Å²) in [4.78, 5) is 24.1. The Balaban J connectivity index is 2.13. The number of likely N-dealkylation sites (N-methyl/N-ethyl adjacent to an activating group) is 1. The number of benzene rings is 2. The molecule has 0 heterocycles. The van der Waals surface area contributed by atoms with Gasteiger partial charge in [0.05, 0.1) is 4.90 Å². The van der Waals surface area contributed by atoms with Crippen molar-refractivity contribution in [3.63, 3.8) is 0 Å². The molecule has 138 valence electrons. The van der Waals surface area contributed by atoms with Crippen molar-refractivity contribution in [2.24, 2.45) is 0 Å². The summed E-state index contributed by atoms with van der Waals surface area (Å²) in [6, 6.07) is 13.3. The second-order valence-corrected chi connectivity index (χ2v) is 7.27. The van der Waals surface area contributed by atoms with Crippen molar-refractivity contribution < 1.29 is 18.0 Å². The first-order valence-electron chi connectivity index (χ1n) is 8.10. The van der Waals surface area contributed by atoms with E-state index in [4.69, 9.17) is 0 Å². The van der Waals surface area contributed by atoms with Crippen LogP contribution in [0.15, 0.2) is 59.5 Å². The minimum Gasteiger partial charge on any atom is -0.355 e. The van der Waals surface area contributed by atoms with E-state index in [1.807, 2.05) is 0 Å². The molecule has 0 spiro atoms. The Kier molecular flexibility index (Phi) is 6.35. The number of carbonyl (C=O) groups is 2. The molecule has 0 aliphatic carbocycles. The number of hydrogen-bond acceptors (Lipinski definition) is 4. The van der Waals surface area contributed by atoms with E-state index in [9.17, 15) is 18.0 Å². The third-order valence-corrected chi connectivity index (χ3v) is 4.92. The molecule has 8 heteroatoms. The lowest BCUT2D eigenvalue weighted by atomic mass is 10.2. The number of rotatable bonds is 7. The number of amides is 2. The molecule has 26 heavy (non-hydrogen) atoms. The van der Waals surface area contributed by atoms with Crippen LogP contribution in [0.4, 0.5) is 5.69 Å². The van der Waals surface area contributed by atoms with Crippen molar-refractivity contribution in [1.82, 2.24) is 10.6 Å². The Morgan fingerprint density at radius 3 is 2.38 bits per heavy atom. The lowest BCUT2D eigenvalue weighted by Gasteiger charge is -2.14. The van der Waals surface area contributed by atoms with E-state index in [1.54, 1.807) is 50.2 Å². The Bertz CT molecular complexity index is 882. The van der Waals surface area contributed by atoms with Crippen molar-refractivity contribution in [2.45, 2.75) is 24.8 Å². The van der Waals surface area contributed by atoms with Crippen molar-refractivity contribution in [1.29, 1.82) is 0 Å². The van der Waals surface area contributed by atoms with Crippen molar-refractivity contribution in [3.8, 4) is 0 Å². The smallest absolute Gasteiger partial charge is 0.261 e. The van der Waals surface area contributed by atoms with E-state index in [2.05, 4.69) is 15.4 Å². The molecule has 2 aromatic carbocycles. The number of hydrogen-bond donors (Lipinski definition) is 3. The zero-order valence-electron chi connectivity index (χ0n) is 14.5. The molecule has 0 aliphatic heterocycles. The van der Waals surface area contributed by atoms with E-state index < -0.39 is 22.0 Å². The molecule has 2 amide bonds. The molecule has 0 bridgehead atoms. The molecule has 3 N–H and O–H groups in total. The molecule has 0 saturated carbocycles. The summed E-state index contributed by atoms with van der Waals surface area (Å²) >= 11 is 0. The van der Waals surface area contributed by atoms with Gasteiger partial charge in [-0.25, -0.2) is 8.42 Å². The fraction of sp³-hybridized carbons (Fsp3) is 0.222. The van der Waals surface area contributed by atoms with Gasteiger partial charge in [0, 0.05) is 17.8 Å². The standard InChI is InChI=1S/C18H21N3O4S/c1-3-19-17(22)13(2)20-18(23)14-8-7-9-15(12-14)21-26(24,25)16-10-5-4-6-11-16/h4-13,21H,3H2,1-2H3,(H,19,22)(H,20,23)/t13-/m0/s1. The van der Waals surface area contributed by atoms with E-state index in [1.165, 1.54) is 18.2 Å². The van der Waals surface area contributed by atoms with Crippen LogP contribution >= 0.6 is 0 Å². The van der Waals surface area contributed by atoms with Gasteiger partial charge in [0.2, 0.25) is 5.91 Å². The number of sulfonamides is 1. The maximum Gasteiger partial charge on any atom is 0.261 e. The van der Waals surface area contributed by atoms with Crippen LogP contribution in [0.25, 0.3) is 0 Å². The maximum atomic E-state index is 12.4. The SMILES string of the molecule is CCNC(=O)[C@H](C)NC(=O)c1cccc(NS(=O)(=O)c2ccccc2)c1. The average Bonchev–Trinajstić information content (AvgIpc) is 2.62. The Hall–Kier alpha value is -2.87. The van der Waals surface area contributed by atoms with E-state index in [-0.39, 0.29) is 22.1 Å². The zero-order valence-corrected chi connectivity index (χ0v) is 15.3. The summed E-state index contributed by atoms with van der Waals surface area (Å²) in [5, 5.41) is 5.19. The van der Waals surface area contributed by atoms with E-state index >= 15 is 0 Å². The number of anilines is 1. The van der Waals surface area contributed by atoms with Crippen LogP contribution in [-0.4, -0.2) is 32.8 Å². The lowest BCUT2D eigenvalue weighted by molar-refractivity contribution is -0.122. The fourth-order valence-electron chi connectivity index (χ4n) is 2.21. The summed E-state index contributed by atoms with van der Waals surface area (Å²) in [5.41, 5.74) is 0.501. The molecule has 7 nitrogen and oxygen atoms in total. The number of carbonyl (C=O) groups excluding carboxylic acids is 2. The van der Waals surface area contributed by atoms with Gasteiger partial charge in [0.1, 0.15) is 6.04 Å². The molecule has 0 aliphatic rings. The molecule has 0 fully saturated rings. The van der Waals surface area contributed by atoms with Crippen LogP contribution in [0, 0.1) is 0 Å². The van der Waals surface area contributed by atoms with Gasteiger partial charge < -0.3 is 10.6 Å². The predicted octanol–water partition coefficient (Wildman–Crippen LogP) is 1.74. The topological polar surface area (TPSA) is 104 Å². The highest BCUT2D eigenvalue weighted by atomic mass is 32.2. The highest BCUT2D eigenvalue weighted by Crippen LogP contribution is 2.17. The summed E-state index contributed by atoms with van der Waals surface area (Å²) in [7, 11) is -3.75. The second kappa shape index (κ2) is 8.48. The van der Waals surface area contributed by atoms with Gasteiger partial charge in [-0.1, -0.05) is 24.3 Å². The monoisotopic (exact) mass is 375 g/mol. The highest BCUT2D eigenvalue weighted by molar-refractivity contribution is 7.92. The lowest BCUT2D eigenvalue weighted by Crippen LogP contribution is -2.44. The molecule has 0 aromatic heterocycles. The third kappa shape index (κ3) is 5.06. The van der Waals surface area contributed by atoms with Crippen molar-refractivity contribution in [3.05, 3.63) is 60.2 Å². The maximum absolute atomic E-state index is 12.4. The van der Waals surface area contributed by atoms with Crippen LogP contribution in [0.2, 0.25) is 0 Å². The first-order valence-corrected chi connectivity index (χ1v) is 9.58. The summed E-state index contributed by atoms with van der Waals surface area (Å²) in [6.07, 6.45) is 0. The minimum absolute atomic E-state index is 0.125. The Labute approximate surface area is 152 Å². The predicted molar refractivity (Wildman–Crippen MR) is 99.3 cm³/mol. The molecule has 2 aromatic rings. The first kappa shape index (κ1) is 19.5. The van der Waals surface area contributed by atoms with Gasteiger partial charge in [0.25, 0.3) is 15.9 Å². The highest BCUT2D eigenvalue weighted by Gasteiger charge is 2.17. The first-order chi connectivity index (χ1) is 12.3. The van der Waals surface area contributed by atoms with Crippen molar-refractivity contribution >= 4 is 27.5 Å². The minimum atomic E-state index is -3.75. The van der Waals surface area contributed by atoms with Crippen molar-refractivity contribution in [2.75, 3.05) is 11.3 Å². The molecule has 1 atom stereocenters. The molecule has 0 unspecified atom stereocenters.